The summed E-state index contributed by atoms with van der Waals surface area (Å²) in [6.07, 6.45) is 3.69. The minimum Gasteiger partial charge on any atom is -0.497 e. The second kappa shape index (κ2) is 8.48. The lowest BCUT2D eigenvalue weighted by Crippen LogP contribution is -2.36. The average molecular weight is 382 g/mol. The molecule has 148 valence electrons. The van der Waals surface area contributed by atoms with Crippen molar-refractivity contribution in [1.29, 1.82) is 0 Å². The van der Waals surface area contributed by atoms with Gasteiger partial charge in [0.15, 0.2) is 0 Å². The lowest BCUT2D eigenvalue weighted by atomic mass is 10.0. The van der Waals surface area contributed by atoms with E-state index in [4.69, 9.17) is 9.47 Å². The molecule has 7 nitrogen and oxygen atoms in total. The SMILES string of the molecule is COc1ccc([C@@H]2CCCN2C(=O)Nc2ccc(N3CCOCC3)nc2)cc1. The van der Waals surface area contributed by atoms with Crippen LogP contribution >= 0.6 is 0 Å². The number of rotatable bonds is 4. The van der Waals surface area contributed by atoms with Crippen molar-refractivity contribution in [3.8, 4) is 5.75 Å². The highest BCUT2D eigenvalue weighted by molar-refractivity contribution is 5.89. The molecule has 0 spiro atoms. The van der Waals surface area contributed by atoms with Gasteiger partial charge in [-0.1, -0.05) is 12.1 Å². The van der Waals surface area contributed by atoms with Crippen LogP contribution in [-0.4, -0.2) is 55.9 Å². The standard InChI is InChI=1S/C21H26N4O3/c1-27-18-7-4-16(5-8-18)19-3-2-10-25(19)21(26)23-17-6-9-20(22-15-17)24-11-13-28-14-12-24/h4-9,15,19H,2-3,10-14H2,1H3,(H,23,26)/t19-/m0/s1. The Morgan fingerprint density at radius 2 is 1.93 bits per heavy atom. The van der Waals surface area contributed by atoms with Crippen LogP contribution in [0.5, 0.6) is 5.75 Å². The number of hydrogen-bond acceptors (Lipinski definition) is 5. The van der Waals surface area contributed by atoms with E-state index < -0.39 is 0 Å². The van der Waals surface area contributed by atoms with E-state index in [1.807, 2.05) is 41.3 Å². The van der Waals surface area contributed by atoms with E-state index in [1.165, 1.54) is 0 Å². The highest BCUT2D eigenvalue weighted by Crippen LogP contribution is 2.33. The van der Waals surface area contributed by atoms with Crippen LogP contribution < -0.4 is 15.0 Å². The number of methoxy groups -OCH3 is 1. The molecule has 0 aliphatic carbocycles. The van der Waals surface area contributed by atoms with Crippen molar-refractivity contribution in [3.05, 3.63) is 48.2 Å². The van der Waals surface area contributed by atoms with Gasteiger partial charge in [-0.2, -0.15) is 0 Å². The number of pyridine rings is 1. The number of amides is 2. The molecule has 2 aliphatic heterocycles. The smallest absolute Gasteiger partial charge is 0.322 e. The zero-order chi connectivity index (χ0) is 19.3. The molecule has 2 saturated heterocycles. The Kier molecular flexibility index (Phi) is 5.62. The summed E-state index contributed by atoms with van der Waals surface area (Å²) in [6.45, 7) is 3.89. The first-order valence-electron chi connectivity index (χ1n) is 9.75. The number of ether oxygens (including phenoxy) is 2. The lowest BCUT2D eigenvalue weighted by Gasteiger charge is -2.28. The molecular weight excluding hydrogens is 356 g/mol. The van der Waals surface area contributed by atoms with Crippen LogP contribution in [0.15, 0.2) is 42.6 Å². The summed E-state index contributed by atoms with van der Waals surface area (Å²) in [6, 6.07) is 11.8. The van der Waals surface area contributed by atoms with Crippen LogP contribution in [0.3, 0.4) is 0 Å². The molecule has 4 rings (SSSR count). The summed E-state index contributed by atoms with van der Waals surface area (Å²) in [7, 11) is 1.66. The molecule has 0 bridgehead atoms. The first-order chi connectivity index (χ1) is 13.7. The zero-order valence-electron chi connectivity index (χ0n) is 16.1. The van der Waals surface area contributed by atoms with Crippen molar-refractivity contribution in [2.75, 3.05) is 50.2 Å². The van der Waals surface area contributed by atoms with Crippen molar-refractivity contribution in [2.24, 2.45) is 0 Å². The van der Waals surface area contributed by atoms with Gasteiger partial charge in [-0.15, -0.1) is 0 Å². The van der Waals surface area contributed by atoms with Gasteiger partial charge in [0.2, 0.25) is 0 Å². The van der Waals surface area contributed by atoms with Gasteiger partial charge in [-0.3, -0.25) is 0 Å². The first kappa shape index (κ1) is 18.6. The Bertz CT molecular complexity index is 788. The summed E-state index contributed by atoms with van der Waals surface area (Å²) in [5.41, 5.74) is 1.84. The van der Waals surface area contributed by atoms with Gasteiger partial charge in [0.05, 0.1) is 38.2 Å². The van der Waals surface area contributed by atoms with E-state index in [2.05, 4.69) is 15.2 Å². The molecule has 2 fully saturated rings. The Hall–Kier alpha value is -2.80. The predicted octanol–water partition coefficient (Wildman–Crippen LogP) is 3.30. The van der Waals surface area contributed by atoms with E-state index >= 15 is 0 Å². The molecule has 0 unspecified atom stereocenters. The van der Waals surface area contributed by atoms with E-state index in [9.17, 15) is 4.79 Å². The van der Waals surface area contributed by atoms with Crippen LogP contribution in [0.25, 0.3) is 0 Å². The number of urea groups is 1. The van der Waals surface area contributed by atoms with Crippen LogP contribution in [-0.2, 0) is 4.74 Å². The molecular formula is C21H26N4O3. The average Bonchev–Trinajstić information content (AvgIpc) is 3.25. The zero-order valence-corrected chi connectivity index (χ0v) is 16.1. The Morgan fingerprint density at radius 3 is 2.61 bits per heavy atom. The number of anilines is 2. The molecule has 2 amide bonds. The van der Waals surface area contributed by atoms with Crippen molar-refractivity contribution in [2.45, 2.75) is 18.9 Å². The molecule has 7 heteroatoms. The number of morpholine rings is 1. The molecule has 1 atom stereocenters. The van der Waals surface area contributed by atoms with Crippen LogP contribution in [0.4, 0.5) is 16.3 Å². The van der Waals surface area contributed by atoms with Gasteiger partial charge in [0.25, 0.3) is 0 Å². The summed E-state index contributed by atoms with van der Waals surface area (Å²) >= 11 is 0. The molecule has 3 heterocycles. The number of aromatic nitrogens is 1. The largest absolute Gasteiger partial charge is 0.497 e. The van der Waals surface area contributed by atoms with Crippen molar-refractivity contribution in [1.82, 2.24) is 9.88 Å². The monoisotopic (exact) mass is 382 g/mol. The van der Waals surface area contributed by atoms with Crippen LogP contribution in [0.1, 0.15) is 24.4 Å². The third kappa shape index (κ3) is 4.04. The number of nitrogens with zero attached hydrogens (tertiary/aromatic N) is 3. The van der Waals surface area contributed by atoms with Gasteiger partial charge in [0, 0.05) is 19.6 Å². The normalized spacial score (nSPS) is 19.5. The van der Waals surface area contributed by atoms with E-state index in [-0.39, 0.29) is 12.1 Å². The Morgan fingerprint density at radius 1 is 1.14 bits per heavy atom. The van der Waals surface area contributed by atoms with Gasteiger partial charge >= 0.3 is 6.03 Å². The summed E-state index contributed by atoms with van der Waals surface area (Å²) < 4.78 is 10.6. The van der Waals surface area contributed by atoms with E-state index in [0.717, 1.165) is 62.8 Å². The fourth-order valence-electron chi connectivity index (χ4n) is 3.82. The van der Waals surface area contributed by atoms with Gasteiger partial charge < -0.3 is 24.6 Å². The number of carbonyl (C=O) groups excluding carboxylic acids is 1. The second-order valence-electron chi connectivity index (χ2n) is 7.06. The quantitative estimate of drug-likeness (QED) is 0.879. The molecule has 28 heavy (non-hydrogen) atoms. The molecule has 1 N–H and O–H groups in total. The summed E-state index contributed by atoms with van der Waals surface area (Å²) in [5.74, 6) is 1.74. The lowest BCUT2D eigenvalue weighted by molar-refractivity contribution is 0.122. The van der Waals surface area contributed by atoms with Gasteiger partial charge in [-0.25, -0.2) is 9.78 Å². The third-order valence-corrected chi connectivity index (χ3v) is 5.35. The van der Waals surface area contributed by atoms with E-state index in [0.29, 0.717) is 5.69 Å². The third-order valence-electron chi connectivity index (χ3n) is 5.35. The maximum Gasteiger partial charge on any atom is 0.322 e. The number of carbonyl (C=O) groups is 1. The number of nitrogens with one attached hydrogen (secondary N) is 1. The minimum absolute atomic E-state index is 0.0840. The van der Waals surface area contributed by atoms with E-state index in [1.54, 1.807) is 13.3 Å². The molecule has 1 aromatic heterocycles. The van der Waals surface area contributed by atoms with Crippen LogP contribution in [0, 0.1) is 0 Å². The van der Waals surface area contributed by atoms with Crippen molar-refractivity contribution >= 4 is 17.5 Å². The highest BCUT2D eigenvalue weighted by atomic mass is 16.5. The second-order valence-corrected chi connectivity index (χ2v) is 7.06. The van der Waals surface area contributed by atoms with Crippen molar-refractivity contribution < 1.29 is 14.3 Å². The molecule has 2 aliphatic rings. The summed E-state index contributed by atoms with van der Waals surface area (Å²) in [4.78, 5) is 21.4. The topological polar surface area (TPSA) is 66.9 Å². The molecule has 2 aromatic rings. The van der Waals surface area contributed by atoms with Crippen molar-refractivity contribution in [3.63, 3.8) is 0 Å². The maximum absolute atomic E-state index is 12.8. The summed E-state index contributed by atoms with van der Waals surface area (Å²) in [5, 5.41) is 2.99. The Labute approximate surface area is 165 Å². The molecule has 0 radical (unpaired) electrons. The van der Waals surface area contributed by atoms with Gasteiger partial charge in [0.1, 0.15) is 11.6 Å². The molecule has 0 saturated carbocycles. The fourth-order valence-corrected chi connectivity index (χ4v) is 3.82. The fraction of sp³-hybridized carbons (Fsp3) is 0.429. The first-order valence-corrected chi connectivity index (χ1v) is 9.75. The van der Waals surface area contributed by atoms with Crippen LogP contribution in [0.2, 0.25) is 0 Å². The Balaban J connectivity index is 1.40. The predicted molar refractivity (Wildman–Crippen MR) is 108 cm³/mol. The number of likely N-dealkylation sites (tertiary alicyclic amines) is 1. The maximum atomic E-state index is 12.8. The minimum atomic E-state index is -0.0840. The molecule has 1 aromatic carbocycles. The number of hydrogen-bond donors (Lipinski definition) is 1. The number of benzene rings is 1. The highest BCUT2D eigenvalue weighted by Gasteiger charge is 2.30. The van der Waals surface area contributed by atoms with Gasteiger partial charge in [-0.05, 0) is 42.7 Å².